The minimum absolute atomic E-state index is 0.425. The molecule has 2 nitrogen and oxygen atoms in total. The van der Waals surface area contributed by atoms with Crippen molar-refractivity contribution in [3.05, 3.63) is 0 Å². The predicted octanol–water partition coefficient (Wildman–Crippen LogP) is 6.87. The van der Waals surface area contributed by atoms with E-state index >= 15 is 0 Å². The number of halogens is 1. The molecule has 0 radical (unpaired) electrons. The van der Waals surface area contributed by atoms with Crippen LogP contribution in [0.1, 0.15) is 89.9 Å². The average molecular weight is 365 g/mol. The molecule has 0 aromatic rings. The first-order chi connectivity index (χ1) is 9.84. The molecule has 2 fully saturated rings. The van der Waals surface area contributed by atoms with Gasteiger partial charge in [0.1, 0.15) is 0 Å². The van der Waals surface area contributed by atoms with Crippen molar-refractivity contribution in [1.29, 1.82) is 0 Å². The molecule has 0 heterocycles. The fourth-order valence-corrected chi connectivity index (χ4v) is 5.67. The second kappa shape index (κ2) is 10.5. The van der Waals surface area contributed by atoms with Gasteiger partial charge in [0.2, 0.25) is 7.08 Å². The summed E-state index contributed by atoms with van der Waals surface area (Å²) in [6.45, 7) is 0. The molecule has 0 atom stereocenters. The molecule has 4 heteroatoms. The van der Waals surface area contributed by atoms with Gasteiger partial charge in [0.05, 0.1) is 12.2 Å². The Kier molecular flexibility index (Phi) is 9.06. The molecule has 0 aliphatic heterocycles. The Bertz CT molecular complexity index is 213. The maximum absolute atomic E-state index is 6.16. The Balaban J connectivity index is 1.68. The standard InChI is InChI=1S/C16H30BrO2P/c17-20(18-15-11-7-3-1-4-8-12-15)19-16-13-9-5-2-6-10-14-16/h15-16H,1-14H2. The first kappa shape index (κ1) is 17.2. The molecular formula is C16H30BrO2P. The quantitative estimate of drug-likeness (QED) is 0.506. The van der Waals surface area contributed by atoms with Crippen LogP contribution in [0.5, 0.6) is 0 Å². The fourth-order valence-electron chi connectivity index (χ4n) is 3.31. The maximum Gasteiger partial charge on any atom is 0.247 e. The smallest absolute Gasteiger partial charge is 0.247 e. The van der Waals surface area contributed by atoms with Crippen LogP contribution in [0.2, 0.25) is 0 Å². The second-order valence-electron chi connectivity index (χ2n) is 6.36. The molecule has 0 amide bonds. The summed E-state index contributed by atoms with van der Waals surface area (Å²) in [5.74, 6) is 0. The number of rotatable bonds is 4. The Hall–Kier alpha value is 0.830. The molecule has 0 spiro atoms. The molecule has 2 aliphatic carbocycles. The highest BCUT2D eigenvalue weighted by Gasteiger charge is 2.21. The summed E-state index contributed by atoms with van der Waals surface area (Å²) in [6, 6.07) is 0. The van der Waals surface area contributed by atoms with Crippen LogP contribution in [0.15, 0.2) is 0 Å². The summed E-state index contributed by atoms with van der Waals surface area (Å²) in [5.41, 5.74) is 0. The molecule has 20 heavy (non-hydrogen) atoms. The van der Waals surface area contributed by atoms with Gasteiger partial charge >= 0.3 is 0 Å². The van der Waals surface area contributed by atoms with Gasteiger partial charge in [0.25, 0.3) is 0 Å². The molecule has 118 valence electrons. The fraction of sp³-hybridized carbons (Fsp3) is 1.00. The van der Waals surface area contributed by atoms with Crippen LogP contribution >= 0.6 is 22.6 Å². The Morgan fingerprint density at radius 1 is 0.550 bits per heavy atom. The molecule has 0 aromatic carbocycles. The SMILES string of the molecule is BrP(OC1CCCCCCC1)OC1CCCCCCC1. The minimum Gasteiger partial charge on any atom is -0.322 e. The normalized spacial score (nSPS) is 24.9. The second-order valence-corrected chi connectivity index (χ2v) is 8.94. The van der Waals surface area contributed by atoms with E-state index in [0.717, 1.165) is 0 Å². The number of hydrogen-bond donors (Lipinski definition) is 0. The zero-order chi connectivity index (χ0) is 14.0. The van der Waals surface area contributed by atoms with Crippen molar-refractivity contribution in [1.82, 2.24) is 0 Å². The monoisotopic (exact) mass is 364 g/mol. The van der Waals surface area contributed by atoms with Crippen molar-refractivity contribution < 1.29 is 9.05 Å². The average Bonchev–Trinajstić information content (AvgIpc) is 2.35. The van der Waals surface area contributed by atoms with E-state index in [1.807, 2.05) is 0 Å². The summed E-state index contributed by atoms with van der Waals surface area (Å²) >= 11 is 3.66. The van der Waals surface area contributed by atoms with E-state index in [1.54, 1.807) is 0 Å². The van der Waals surface area contributed by atoms with E-state index in [1.165, 1.54) is 89.9 Å². The lowest BCUT2D eigenvalue weighted by Crippen LogP contribution is -2.15. The molecule has 0 aromatic heterocycles. The van der Waals surface area contributed by atoms with Gasteiger partial charge < -0.3 is 9.05 Å². The highest BCUT2D eigenvalue weighted by atomic mass is 79.9. The van der Waals surface area contributed by atoms with Gasteiger partial charge in [-0.3, -0.25) is 0 Å². The van der Waals surface area contributed by atoms with Crippen LogP contribution in [0, 0.1) is 0 Å². The molecule has 0 unspecified atom stereocenters. The third-order valence-corrected chi connectivity index (χ3v) is 6.50. The molecule has 0 bridgehead atoms. The van der Waals surface area contributed by atoms with Crippen molar-refractivity contribution in [2.75, 3.05) is 0 Å². The van der Waals surface area contributed by atoms with Gasteiger partial charge in [-0.25, -0.2) is 0 Å². The van der Waals surface area contributed by atoms with Crippen molar-refractivity contribution in [2.24, 2.45) is 0 Å². The molecule has 0 saturated heterocycles. The van der Waals surface area contributed by atoms with Crippen LogP contribution in [-0.4, -0.2) is 12.2 Å². The first-order valence-electron chi connectivity index (χ1n) is 8.64. The Labute approximate surface area is 134 Å². The minimum atomic E-state index is -0.855. The van der Waals surface area contributed by atoms with Gasteiger partial charge in [-0.05, 0) is 25.7 Å². The van der Waals surface area contributed by atoms with E-state index in [4.69, 9.17) is 9.05 Å². The summed E-state index contributed by atoms with van der Waals surface area (Å²) < 4.78 is 12.3. The van der Waals surface area contributed by atoms with Crippen LogP contribution in [-0.2, 0) is 9.05 Å². The number of hydrogen-bond acceptors (Lipinski definition) is 2. The molecule has 2 rings (SSSR count). The summed E-state index contributed by atoms with van der Waals surface area (Å²) in [7, 11) is -0.855. The molecule has 2 saturated carbocycles. The zero-order valence-electron chi connectivity index (χ0n) is 12.7. The van der Waals surface area contributed by atoms with Gasteiger partial charge in [0.15, 0.2) is 0 Å². The van der Waals surface area contributed by atoms with Crippen LogP contribution in [0.25, 0.3) is 0 Å². The van der Waals surface area contributed by atoms with E-state index < -0.39 is 7.08 Å². The van der Waals surface area contributed by atoms with Gasteiger partial charge in [-0.2, -0.15) is 0 Å². The van der Waals surface area contributed by atoms with E-state index in [2.05, 4.69) is 15.5 Å². The van der Waals surface area contributed by atoms with Crippen molar-refractivity contribution in [3.8, 4) is 0 Å². The maximum atomic E-state index is 6.16. The van der Waals surface area contributed by atoms with Crippen molar-refractivity contribution >= 4 is 22.6 Å². The van der Waals surface area contributed by atoms with Crippen molar-refractivity contribution in [3.63, 3.8) is 0 Å². The van der Waals surface area contributed by atoms with Crippen molar-refractivity contribution in [2.45, 2.75) is 102 Å². The summed E-state index contributed by atoms with van der Waals surface area (Å²) in [4.78, 5) is 0. The van der Waals surface area contributed by atoms with Crippen LogP contribution < -0.4 is 0 Å². The third-order valence-electron chi connectivity index (χ3n) is 4.57. The predicted molar refractivity (Wildman–Crippen MR) is 90.2 cm³/mol. The summed E-state index contributed by atoms with van der Waals surface area (Å²) in [6.07, 6.45) is 19.4. The Morgan fingerprint density at radius 3 is 1.20 bits per heavy atom. The van der Waals surface area contributed by atoms with E-state index in [9.17, 15) is 0 Å². The lowest BCUT2D eigenvalue weighted by molar-refractivity contribution is 0.122. The highest BCUT2D eigenvalue weighted by Crippen LogP contribution is 2.51. The molecule has 2 aliphatic rings. The van der Waals surface area contributed by atoms with Crippen LogP contribution in [0.3, 0.4) is 0 Å². The van der Waals surface area contributed by atoms with Gasteiger partial charge in [-0.1, -0.05) is 64.2 Å². The van der Waals surface area contributed by atoms with E-state index in [0.29, 0.717) is 12.2 Å². The van der Waals surface area contributed by atoms with E-state index in [-0.39, 0.29) is 0 Å². The molecule has 0 N–H and O–H groups in total. The zero-order valence-corrected chi connectivity index (χ0v) is 15.2. The molecular weight excluding hydrogens is 335 g/mol. The largest absolute Gasteiger partial charge is 0.322 e. The third kappa shape index (κ3) is 7.20. The summed E-state index contributed by atoms with van der Waals surface area (Å²) in [5, 5.41) is 0. The Morgan fingerprint density at radius 2 is 0.850 bits per heavy atom. The first-order valence-corrected chi connectivity index (χ1v) is 11.8. The van der Waals surface area contributed by atoms with Gasteiger partial charge in [-0.15, -0.1) is 0 Å². The lowest BCUT2D eigenvalue weighted by Gasteiger charge is -2.26. The lowest BCUT2D eigenvalue weighted by atomic mass is 9.99. The highest BCUT2D eigenvalue weighted by molar-refractivity contribution is 9.38. The van der Waals surface area contributed by atoms with Crippen LogP contribution in [0.4, 0.5) is 0 Å². The van der Waals surface area contributed by atoms with Gasteiger partial charge in [0, 0.05) is 15.5 Å². The topological polar surface area (TPSA) is 18.5 Å².